The van der Waals surface area contributed by atoms with E-state index in [-0.39, 0.29) is 5.91 Å². The quantitative estimate of drug-likeness (QED) is 0.207. The number of rotatable bonds is 7. The van der Waals surface area contributed by atoms with Crippen LogP contribution in [0.5, 0.6) is 11.5 Å². The number of aryl methyl sites for hydroxylation is 1. The number of nitrogens with zero attached hydrogens (tertiary/aromatic N) is 2. The van der Waals surface area contributed by atoms with Crippen LogP contribution in [-0.4, -0.2) is 18.2 Å². The summed E-state index contributed by atoms with van der Waals surface area (Å²) in [6.45, 7) is 2.47. The molecule has 1 saturated heterocycles. The number of methoxy groups -OCH3 is 1. The molecule has 0 spiro atoms. The average molecular weight is 576 g/mol. The normalized spacial score (nSPS) is 15.3. The first-order chi connectivity index (χ1) is 18.9. The van der Waals surface area contributed by atoms with Gasteiger partial charge in [-0.25, -0.2) is 4.99 Å². The smallest absolute Gasteiger partial charge is 0.271 e. The van der Waals surface area contributed by atoms with Crippen molar-refractivity contribution in [3.63, 3.8) is 0 Å². The van der Waals surface area contributed by atoms with Crippen LogP contribution in [0.3, 0.4) is 0 Å². The first-order valence-electron chi connectivity index (χ1n) is 12.1. The molecular formula is C31H24Cl2N2O3S. The Kier molecular flexibility index (Phi) is 8.27. The SMILES string of the molecule is COc1cc(/C=C2\SC(=Nc3ccc(Cl)cc3)N(c3ccc(Cl)cc3)C2=O)ccc1OCc1ccc(C)cc1. The van der Waals surface area contributed by atoms with Gasteiger partial charge in [0.25, 0.3) is 5.91 Å². The fourth-order valence-electron chi connectivity index (χ4n) is 3.88. The molecule has 4 aromatic rings. The number of aliphatic imine (C=N–C) groups is 1. The number of benzene rings is 4. The molecule has 4 aromatic carbocycles. The van der Waals surface area contributed by atoms with E-state index in [4.69, 9.17) is 37.7 Å². The molecule has 196 valence electrons. The predicted molar refractivity (Wildman–Crippen MR) is 162 cm³/mol. The van der Waals surface area contributed by atoms with E-state index in [2.05, 4.69) is 19.1 Å². The molecule has 0 aliphatic carbocycles. The van der Waals surface area contributed by atoms with E-state index in [1.54, 1.807) is 48.4 Å². The van der Waals surface area contributed by atoms with Crippen molar-refractivity contribution in [2.75, 3.05) is 12.0 Å². The number of anilines is 1. The van der Waals surface area contributed by atoms with Crippen molar-refractivity contribution in [2.24, 2.45) is 4.99 Å². The Bertz CT molecular complexity index is 1550. The summed E-state index contributed by atoms with van der Waals surface area (Å²) >= 11 is 13.4. The zero-order chi connectivity index (χ0) is 27.4. The van der Waals surface area contributed by atoms with E-state index in [1.165, 1.54) is 17.3 Å². The molecule has 0 atom stereocenters. The van der Waals surface area contributed by atoms with Gasteiger partial charge in [0.2, 0.25) is 0 Å². The number of ether oxygens (including phenoxy) is 2. The van der Waals surface area contributed by atoms with Gasteiger partial charge in [0, 0.05) is 10.0 Å². The molecule has 39 heavy (non-hydrogen) atoms. The lowest BCUT2D eigenvalue weighted by molar-refractivity contribution is -0.113. The third kappa shape index (κ3) is 6.48. The second-order valence-electron chi connectivity index (χ2n) is 8.78. The summed E-state index contributed by atoms with van der Waals surface area (Å²) in [5, 5.41) is 1.73. The van der Waals surface area contributed by atoms with Gasteiger partial charge in [0.05, 0.1) is 23.4 Å². The average Bonchev–Trinajstić information content (AvgIpc) is 3.24. The standard InChI is InChI=1S/C31H24Cl2N2O3S/c1-20-3-5-21(6-4-20)19-38-27-16-7-22(17-28(27)37-2)18-29-30(36)35(26-14-10-24(33)11-15-26)31(39-29)34-25-12-8-23(32)9-13-25/h3-18H,19H2,1-2H3/b29-18-,34-31?. The molecular weight excluding hydrogens is 551 g/mol. The molecule has 0 unspecified atom stereocenters. The Balaban J connectivity index is 1.43. The minimum atomic E-state index is -0.186. The number of carbonyl (C=O) groups excluding carboxylic acids is 1. The van der Waals surface area contributed by atoms with Crippen LogP contribution in [0.2, 0.25) is 10.0 Å². The maximum absolute atomic E-state index is 13.6. The third-order valence-electron chi connectivity index (χ3n) is 5.94. The highest BCUT2D eigenvalue weighted by Crippen LogP contribution is 2.39. The highest BCUT2D eigenvalue weighted by molar-refractivity contribution is 8.19. The first kappa shape index (κ1) is 26.9. The molecule has 0 saturated carbocycles. The number of carbonyl (C=O) groups is 1. The summed E-state index contributed by atoms with van der Waals surface area (Å²) < 4.78 is 11.6. The number of hydrogen-bond acceptors (Lipinski definition) is 5. The largest absolute Gasteiger partial charge is 0.493 e. The monoisotopic (exact) mass is 574 g/mol. The van der Waals surface area contributed by atoms with Gasteiger partial charge in [-0.3, -0.25) is 9.69 Å². The van der Waals surface area contributed by atoms with Gasteiger partial charge in [-0.05, 0) is 96.6 Å². The summed E-state index contributed by atoms with van der Waals surface area (Å²) in [5.74, 6) is 1.02. The topological polar surface area (TPSA) is 51.1 Å². The van der Waals surface area contributed by atoms with E-state index >= 15 is 0 Å². The molecule has 8 heteroatoms. The Labute approximate surface area is 241 Å². The van der Waals surface area contributed by atoms with E-state index in [1.807, 2.05) is 48.5 Å². The van der Waals surface area contributed by atoms with Gasteiger partial charge in [-0.2, -0.15) is 0 Å². The van der Waals surface area contributed by atoms with Crippen molar-refractivity contribution < 1.29 is 14.3 Å². The third-order valence-corrected chi connectivity index (χ3v) is 7.42. The van der Waals surface area contributed by atoms with Crippen LogP contribution in [0.1, 0.15) is 16.7 Å². The van der Waals surface area contributed by atoms with E-state index < -0.39 is 0 Å². The summed E-state index contributed by atoms with van der Waals surface area (Å²) in [6, 6.07) is 28.0. The van der Waals surface area contributed by atoms with Crippen molar-refractivity contribution in [1.29, 1.82) is 0 Å². The van der Waals surface area contributed by atoms with Crippen LogP contribution in [0.4, 0.5) is 11.4 Å². The number of thioether (sulfide) groups is 1. The van der Waals surface area contributed by atoms with Gasteiger partial charge in [0.15, 0.2) is 16.7 Å². The number of halogens is 2. The van der Waals surface area contributed by atoms with Crippen LogP contribution >= 0.6 is 35.0 Å². The molecule has 0 bridgehead atoms. The second kappa shape index (κ2) is 12.0. The molecule has 0 N–H and O–H groups in total. The van der Waals surface area contributed by atoms with Gasteiger partial charge >= 0.3 is 0 Å². The van der Waals surface area contributed by atoms with Gasteiger partial charge in [-0.15, -0.1) is 0 Å². The van der Waals surface area contributed by atoms with Crippen molar-refractivity contribution in [2.45, 2.75) is 13.5 Å². The maximum Gasteiger partial charge on any atom is 0.271 e. The fraction of sp³-hybridized carbons (Fsp3) is 0.0968. The van der Waals surface area contributed by atoms with E-state index in [9.17, 15) is 4.79 Å². The number of amidine groups is 1. The van der Waals surface area contributed by atoms with E-state index in [0.29, 0.717) is 49.6 Å². The minimum Gasteiger partial charge on any atom is -0.493 e. The maximum atomic E-state index is 13.6. The number of hydrogen-bond donors (Lipinski definition) is 0. The van der Waals surface area contributed by atoms with Gasteiger partial charge < -0.3 is 9.47 Å². The molecule has 1 heterocycles. The minimum absolute atomic E-state index is 0.186. The molecule has 1 fully saturated rings. The predicted octanol–water partition coefficient (Wildman–Crippen LogP) is 8.70. The Morgan fingerprint density at radius 3 is 2.21 bits per heavy atom. The Morgan fingerprint density at radius 2 is 1.54 bits per heavy atom. The molecule has 1 aliphatic rings. The summed E-state index contributed by atoms with van der Waals surface area (Å²) in [4.78, 5) is 20.4. The Hall–Kier alpha value is -3.71. The molecule has 1 aliphatic heterocycles. The highest BCUT2D eigenvalue weighted by atomic mass is 35.5. The van der Waals surface area contributed by atoms with Crippen LogP contribution in [0, 0.1) is 6.92 Å². The van der Waals surface area contributed by atoms with Crippen molar-refractivity contribution >= 4 is 63.5 Å². The first-order valence-corrected chi connectivity index (χ1v) is 13.7. The van der Waals surface area contributed by atoms with E-state index in [0.717, 1.165) is 11.1 Å². The summed E-state index contributed by atoms with van der Waals surface area (Å²) in [5.41, 5.74) is 4.42. The summed E-state index contributed by atoms with van der Waals surface area (Å²) in [6.07, 6.45) is 1.83. The highest BCUT2D eigenvalue weighted by Gasteiger charge is 2.34. The second-order valence-corrected chi connectivity index (χ2v) is 10.7. The lowest BCUT2D eigenvalue weighted by atomic mass is 10.1. The fourth-order valence-corrected chi connectivity index (χ4v) is 5.14. The Morgan fingerprint density at radius 1 is 0.872 bits per heavy atom. The van der Waals surface area contributed by atoms with Crippen molar-refractivity contribution in [3.05, 3.63) is 123 Å². The zero-order valence-electron chi connectivity index (χ0n) is 21.2. The van der Waals surface area contributed by atoms with Crippen LogP contribution in [0.15, 0.2) is 101 Å². The van der Waals surface area contributed by atoms with Crippen LogP contribution in [0.25, 0.3) is 6.08 Å². The van der Waals surface area contributed by atoms with Gasteiger partial charge in [-0.1, -0.05) is 59.1 Å². The summed E-state index contributed by atoms with van der Waals surface area (Å²) in [7, 11) is 1.60. The molecule has 5 rings (SSSR count). The molecule has 5 nitrogen and oxygen atoms in total. The van der Waals surface area contributed by atoms with Crippen molar-refractivity contribution in [3.8, 4) is 11.5 Å². The molecule has 1 amide bonds. The van der Waals surface area contributed by atoms with Gasteiger partial charge in [0.1, 0.15) is 6.61 Å². The molecule has 0 radical (unpaired) electrons. The van der Waals surface area contributed by atoms with Crippen molar-refractivity contribution in [1.82, 2.24) is 0 Å². The van der Waals surface area contributed by atoms with Crippen LogP contribution < -0.4 is 14.4 Å². The lowest BCUT2D eigenvalue weighted by Gasteiger charge is -2.15. The van der Waals surface area contributed by atoms with Crippen LogP contribution in [-0.2, 0) is 11.4 Å². The molecule has 0 aromatic heterocycles. The number of amides is 1. The zero-order valence-corrected chi connectivity index (χ0v) is 23.6. The lowest BCUT2D eigenvalue weighted by Crippen LogP contribution is -2.28.